The van der Waals surface area contributed by atoms with Crippen LogP contribution in [0.15, 0.2) is 36.5 Å². The minimum Gasteiger partial charge on any atom is -0.465 e. The molecule has 4 rings (SSSR count). The Bertz CT molecular complexity index is 1180. The van der Waals surface area contributed by atoms with Gasteiger partial charge in [0.2, 0.25) is 0 Å². The largest absolute Gasteiger partial charge is 0.465 e. The molecule has 0 saturated carbocycles. The first kappa shape index (κ1) is 22.2. The van der Waals surface area contributed by atoms with E-state index in [9.17, 15) is 18.0 Å². The first-order valence-electron chi connectivity index (χ1n) is 9.84. The first-order valence-corrected chi connectivity index (χ1v) is 9.84. The molecule has 0 unspecified atom stereocenters. The molecule has 32 heavy (non-hydrogen) atoms. The normalized spacial score (nSPS) is 18.2. The Morgan fingerprint density at radius 2 is 1.78 bits per heavy atom. The monoisotopic (exact) mass is 449 g/mol. The highest BCUT2D eigenvalue weighted by Gasteiger charge is 2.49. The number of carbonyl (C=O) groups excluding carboxylic acids is 1. The third kappa shape index (κ3) is 3.73. The molecule has 1 saturated heterocycles. The zero-order chi connectivity index (χ0) is 23.5. The zero-order valence-corrected chi connectivity index (χ0v) is 18.1. The van der Waals surface area contributed by atoms with Gasteiger partial charge in [-0.2, -0.15) is 18.3 Å². The smallest absolute Gasteiger partial charge is 0.433 e. The van der Waals surface area contributed by atoms with Crippen LogP contribution in [0.1, 0.15) is 55.6 Å². The number of rotatable bonds is 3. The van der Waals surface area contributed by atoms with Crippen molar-refractivity contribution in [1.29, 1.82) is 0 Å². The van der Waals surface area contributed by atoms with Crippen LogP contribution in [0.25, 0.3) is 16.7 Å². The van der Waals surface area contributed by atoms with Gasteiger partial charge in [-0.25, -0.2) is 14.5 Å². The summed E-state index contributed by atoms with van der Waals surface area (Å²) in [6.07, 6.45) is -3.91. The van der Waals surface area contributed by atoms with E-state index in [1.54, 1.807) is 12.1 Å². The lowest BCUT2D eigenvalue weighted by Crippen LogP contribution is -2.41. The Morgan fingerprint density at radius 3 is 2.38 bits per heavy atom. The van der Waals surface area contributed by atoms with Crippen LogP contribution in [0.5, 0.6) is 0 Å². The van der Waals surface area contributed by atoms with Gasteiger partial charge in [-0.1, -0.05) is 6.07 Å². The van der Waals surface area contributed by atoms with Crippen molar-refractivity contribution in [3.8, 4) is 5.82 Å². The number of alkyl halides is 3. The Kier molecular flexibility index (Phi) is 5.05. The fraction of sp³-hybridized carbons (Fsp3) is 0.409. The molecule has 0 amide bonds. The molecule has 1 fully saturated rings. The van der Waals surface area contributed by atoms with Crippen LogP contribution < -0.4 is 0 Å². The van der Waals surface area contributed by atoms with Crippen LogP contribution in [-0.4, -0.2) is 39.0 Å². The number of benzene rings is 1. The van der Waals surface area contributed by atoms with E-state index in [0.717, 1.165) is 6.07 Å². The van der Waals surface area contributed by atoms with Gasteiger partial charge in [0.15, 0.2) is 12.1 Å². The fourth-order valence-corrected chi connectivity index (χ4v) is 3.37. The highest BCUT2D eigenvalue weighted by Crippen LogP contribution is 2.45. The minimum absolute atomic E-state index is 0.0379. The Balaban J connectivity index is 1.83. The van der Waals surface area contributed by atoms with Crippen LogP contribution in [-0.2, 0) is 20.4 Å². The lowest BCUT2D eigenvalue weighted by molar-refractivity contribution is -0.141. The summed E-state index contributed by atoms with van der Waals surface area (Å²) in [4.78, 5) is 16.1. The molecular weight excluding hydrogens is 427 g/mol. The van der Waals surface area contributed by atoms with Crippen molar-refractivity contribution >= 4 is 16.9 Å². The summed E-state index contributed by atoms with van der Waals surface area (Å²) in [6, 6.07) is 6.78. The van der Waals surface area contributed by atoms with E-state index < -0.39 is 35.3 Å². The van der Waals surface area contributed by atoms with Gasteiger partial charge in [-0.3, -0.25) is 0 Å². The lowest BCUT2D eigenvalue weighted by atomic mass is 9.90. The number of methoxy groups -OCH3 is 1. The summed E-state index contributed by atoms with van der Waals surface area (Å²) in [5, 5.41) is 4.76. The highest BCUT2D eigenvalue weighted by molar-refractivity contribution is 6.03. The molecule has 0 atom stereocenters. The average molecular weight is 449 g/mol. The van der Waals surface area contributed by atoms with E-state index in [2.05, 4.69) is 10.1 Å². The molecule has 3 heterocycles. The van der Waals surface area contributed by atoms with Crippen molar-refractivity contribution in [2.24, 2.45) is 0 Å². The number of aromatic nitrogens is 3. The molecule has 1 aliphatic rings. The van der Waals surface area contributed by atoms with Gasteiger partial charge < -0.3 is 14.2 Å². The van der Waals surface area contributed by atoms with Crippen LogP contribution in [0.2, 0.25) is 0 Å². The summed E-state index contributed by atoms with van der Waals surface area (Å²) in [6.45, 7) is 7.61. The molecule has 1 aromatic carbocycles. The van der Waals surface area contributed by atoms with Crippen LogP contribution in [0.3, 0.4) is 0 Å². The quantitative estimate of drug-likeness (QED) is 0.534. The lowest BCUT2D eigenvalue weighted by Gasteiger charge is -2.30. The topological polar surface area (TPSA) is 75.5 Å². The highest BCUT2D eigenvalue weighted by atomic mass is 19.4. The van der Waals surface area contributed by atoms with Gasteiger partial charge >= 0.3 is 12.1 Å². The van der Waals surface area contributed by atoms with Crippen molar-refractivity contribution in [2.45, 2.75) is 51.4 Å². The molecule has 2 aromatic heterocycles. The number of halogens is 3. The first-order chi connectivity index (χ1) is 14.8. The third-order valence-corrected chi connectivity index (χ3v) is 5.84. The molecule has 10 heteroatoms. The third-order valence-electron chi connectivity index (χ3n) is 5.84. The Labute approximate surface area is 182 Å². The van der Waals surface area contributed by atoms with Gasteiger partial charge in [0, 0.05) is 17.1 Å². The van der Waals surface area contributed by atoms with Crippen molar-refractivity contribution in [1.82, 2.24) is 14.8 Å². The van der Waals surface area contributed by atoms with Crippen molar-refractivity contribution in [3.05, 3.63) is 53.3 Å². The maximum absolute atomic E-state index is 13.1. The maximum atomic E-state index is 13.1. The summed E-state index contributed by atoms with van der Waals surface area (Å²) in [5.74, 6) is -0.658. The molecule has 1 aliphatic heterocycles. The van der Waals surface area contributed by atoms with Gasteiger partial charge in [0.1, 0.15) is 5.69 Å². The molecular formula is C22H22F3N3O4. The molecule has 0 bridgehead atoms. The number of pyridine rings is 1. The average Bonchev–Trinajstić information content (AvgIpc) is 3.24. The summed E-state index contributed by atoms with van der Waals surface area (Å²) >= 11 is 0. The molecule has 3 aromatic rings. The molecule has 170 valence electrons. The second kappa shape index (κ2) is 7.28. The fourth-order valence-electron chi connectivity index (χ4n) is 3.37. The SMILES string of the molecule is COC(=O)c1cc(C2OC(C)(C)C(C)(C)O2)cc2nn(-c3cccc(C(F)(F)F)n3)cc12. The Morgan fingerprint density at radius 1 is 1.12 bits per heavy atom. The van der Waals surface area contributed by atoms with E-state index in [0.29, 0.717) is 16.5 Å². The second-order valence-electron chi connectivity index (χ2n) is 8.53. The minimum atomic E-state index is -4.59. The van der Waals surface area contributed by atoms with E-state index in [-0.39, 0.29) is 11.4 Å². The number of carbonyl (C=O) groups is 1. The number of fused-ring (bicyclic) bond motifs is 1. The molecule has 0 spiro atoms. The van der Waals surface area contributed by atoms with Crippen molar-refractivity contribution in [2.75, 3.05) is 7.11 Å². The second-order valence-corrected chi connectivity index (χ2v) is 8.53. The maximum Gasteiger partial charge on any atom is 0.433 e. The number of nitrogens with zero attached hydrogens (tertiary/aromatic N) is 3. The number of hydrogen-bond donors (Lipinski definition) is 0. The van der Waals surface area contributed by atoms with Crippen molar-refractivity contribution in [3.63, 3.8) is 0 Å². The van der Waals surface area contributed by atoms with E-state index >= 15 is 0 Å². The number of esters is 1. The van der Waals surface area contributed by atoms with E-state index in [1.165, 1.54) is 30.1 Å². The van der Waals surface area contributed by atoms with Crippen LogP contribution in [0, 0.1) is 0 Å². The van der Waals surface area contributed by atoms with Crippen LogP contribution >= 0.6 is 0 Å². The molecule has 0 N–H and O–H groups in total. The number of ether oxygens (including phenoxy) is 3. The van der Waals surface area contributed by atoms with Crippen LogP contribution in [0.4, 0.5) is 13.2 Å². The predicted molar refractivity (Wildman–Crippen MR) is 108 cm³/mol. The van der Waals surface area contributed by atoms with Crippen molar-refractivity contribution < 1.29 is 32.2 Å². The van der Waals surface area contributed by atoms with Gasteiger partial charge in [0.25, 0.3) is 0 Å². The predicted octanol–water partition coefficient (Wildman–Crippen LogP) is 4.83. The van der Waals surface area contributed by atoms with Gasteiger partial charge in [0.05, 0.1) is 29.4 Å². The summed E-state index contributed by atoms with van der Waals surface area (Å²) in [5.41, 5.74) is -1.15. The van der Waals surface area contributed by atoms with E-state index in [4.69, 9.17) is 14.2 Å². The zero-order valence-electron chi connectivity index (χ0n) is 18.1. The van der Waals surface area contributed by atoms with Gasteiger partial charge in [-0.05, 0) is 52.0 Å². The van der Waals surface area contributed by atoms with Gasteiger partial charge in [-0.15, -0.1) is 0 Å². The summed E-state index contributed by atoms with van der Waals surface area (Å²) in [7, 11) is 1.24. The Hall–Kier alpha value is -2.98. The van der Waals surface area contributed by atoms with E-state index in [1.807, 2.05) is 27.7 Å². The standard InChI is InChI=1S/C22H22F3N3O4/c1-20(2)21(3,4)32-19(31-20)12-9-13(18(29)30-5)14-11-28(27-15(14)10-12)17-8-6-7-16(26-17)22(23,24)25/h6-11,19H,1-5H3. The molecule has 7 nitrogen and oxygen atoms in total. The molecule has 0 radical (unpaired) electrons. The number of hydrogen-bond acceptors (Lipinski definition) is 6. The molecule has 0 aliphatic carbocycles. The summed E-state index contributed by atoms with van der Waals surface area (Å²) < 4.78 is 57.4.